The van der Waals surface area contributed by atoms with Crippen molar-refractivity contribution in [2.24, 2.45) is 0 Å². The van der Waals surface area contributed by atoms with E-state index in [9.17, 15) is 0 Å². The first-order valence-corrected chi connectivity index (χ1v) is 5.36. The topological polar surface area (TPSA) is 33.4 Å². The number of rotatable bonds is 1. The SMILES string of the molecule is CN1CCC[C@@H]1c1nnc2ccccn12. The van der Waals surface area contributed by atoms with Gasteiger partial charge in [0.15, 0.2) is 11.5 Å². The molecule has 0 saturated carbocycles. The number of pyridine rings is 1. The van der Waals surface area contributed by atoms with Gasteiger partial charge in [0, 0.05) is 6.20 Å². The highest BCUT2D eigenvalue weighted by Gasteiger charge is 2.26. The van der Waals surface area contributed by atoms with Crippen molar-refractivity contribution in [2.75, 3.05) is 13.6 Å². The Morgan fingerprint density at radius 1 is 1.33 bits per heavy atom. The van der Waals surface area contributed by atoms with Crippen LogP contribution in [-0.4, -0.2) is 33.1 Å². The van der Waals surface area contributed by atoms with Crippen molar-refractivity contribution in [1.29, 1.82) is 0 Å². The summed E-state index contributed by atoms with van der Waals surface area (Å²) in [6, 6.07) is 6.44. The second kappa shape index (κ2) is 3.31. The summed E-state index contributed by atoms with van der Waals surface area (Å²) in [5.74, 6) is 1.07. The quantitative estimate of drug-likeness (QED) is 0.702. The summed E-state index contributed by atoms with van der Waals surface area (Å²) in [6.07, 6.45) is 4.48. The van der Waals surface area contributed by atoms with Crippen LogP contribution in [0.15, 0.2) is 24.4 Å². The maximum atomic E-state index is 4.30. The van der Waals surface area contributed by atoms with Crippen LogP contribution in [0.3, 0.4) is 0 Å². The van der Waals surface area contributed by atoms with E-state index in [2.05, 4.69) is 26.5 Å². The van der Waals surface area contributed by atoms with Crippen molar-refractivity contribution < 1.29 is 0 Å². The maximum Gasteiger partial charge on any atom is 0.160 e. The Balaban J connectivity index is 2.10. The lowest BCUT2D eigenvalue weighted by Gasteiger charge is -2.17. The van der Waals surface area contributed by atoms with Crippen LogP contribution in [-0.2, 0) is 0 Å². The molecule has 3 heterocycles. The van der Waals surface area contributed by atoms with E-state index in [4.69, 9.17) is 0 Å². The minimum atomic E-state index is 0.433. The molecule has 0 amide bonds. The molecule has 2 aromatic heterocycles. The van der Waals surface area contributed by atoms with Gasteiger partial charge in [-0.05, 0) is 38.6 Å². The summed E-state index contributed by atoms with van der Waals surface area (Å²) in [5, 5.41) is 8.48. The highest BCUT2D eigenvalue weighted by molar-refractivity contribution is 5.37. The molecule has 3 rings (SSSR count). The monoisotopic (exact) mass is 202 g/mol. The predicted octanol–water partition coefficient (Wildman–Crippen LogP) is 1.50. The third kappa shape index (κ3) is 1.33. The smallest absolute Gasteiger partial charge is 0.160 e. The van der Waals surface area contributed by atoms with Crippen LogP contribution in [0.4, 0.5) is 0 Å². The van der Waals surface area contributed by atoms with Gasteiger partial charge in [-0.15, -0.1) is 10.2 Å². The highest BCUT2D eigenvalue weighted by atomic mass is 15.3. The van der Waals surface area contributed by atoms with Crippen molar-refractivity contribution in [1.82, 2.24) is 19.5 Å². The van der Waals surface area contributed by atoms with Crippen molar-refractivity contribution in [2.45, 2.75) is 18.9 Å². The highest BCUT2D eigenvalue weighted by Crippen LogP contribution is 2.28. The Morgan fingerprint density at radius 2 is 2.27 bits per heavy atom. The van der Waals surface area contributed by atoms with Gasteiger partial charge in [0.2, 0.25) is 0 Å². The number of hydrogen-bond donors (Lipinski definition) is 0. The predicted molar refractivity (Wildman–Crippen MR) is 57.6 cm³/mol. The molecule has 0 aliphatic carbocycles. The summed E-state index contributed by atoms with van der Waals surface area (Å²) >= 11 is 0. The number of hydrogen-bond acceptors (Lipinski definition) is 3. The Morgan fingerprint density at radius 3 is 3.07 bits per heavy atom. The molecular formula is C11H14N4. The molecule has 1 saturated heterocycles. The number of fused-ring (bicyclic) bond motifs is 1. The minimum Gasteiger partial charge on any atom is -0.296 e. The van der Waals surface area contributed by atoms with E-state index in [-0.39, 0.29) is 0 Å². The normalized spacial score (nSPS) is 22.6. The van der Waals surface area contributed by atoms with Gasteiger partial charge in [-0.3, -0.25) is 9.30 Å². The Hall–Kier alpha value is -1.42. The molecule has 4 nitrogen and oxygen atoms in total. The Labute approximate surface area is 88.5 Å². The van der Waals surface area contributed by atoms with E-state index in [1.165, 1.54) is 12.8 Å². The van der Waals surface area contributed by atoms with Crippen molar-refractivity contribution in [3.8, 4) is 0 Å². The van der Waals surface area contributed by atoms with Crippen LogP contribution in [0.25, 0.3) is 5.65 Å². The standard InChI is InChI=1S/C11H14N4/c1-14-7-4-5-9(14)11-13-12-10-6-2-3-8-15(10)11/h2-3,6,8-9H,4-5,7H2,1H3/t9-/m1/s1. The van der Waals surface area contributed by atoms with Crippen molar-refractivity contribution >= 4 is 5.65 Å². The molecule has 1 aliphatic heterocycles. The number of nitrogens with zero attached hydrogens (tertiary/aromatic N) is 4. The molecule has 78 valence electrons. The second-order valence-corrected chi connectivity index (χ2v) is 4.13. The van der Waals surface area contributed by atoms with E-state index in [0.717, 1.165) is 18.0 Å². The van der Waals surface area contributed by atoms with Gasteiger partial charge in [0.05, 0.1) is 6.04 Å². The van der Waals surface area contributed by atoms with Gasteiger partial charge in [0.25, 0.3) is 0 Å². The lowest BCUT2D eigenvalue weighted by atomic mass is 10.2. The molecule has 0 radical (unpaired) electrons. The van der Waals surface area contributed by atoms with Crippen LogP contribution in [0, 0.1) is 0 Å². The molecule has 0 aromatic carbocycles. The molecule has 15 heavy (non-hydrogen) atoms. The van der Waals surface area contributed by atoms with Gasteiger partial charge in [-0.1, -0.05) is 6.07 Å². The first kappa shape index (κ1) is 8.85. The molecular weight excluding hydrogens is 188 g/mol. The molecule has 4 heteroatoms. The maximum absolute atomic E-state index is 4.30. The molecule has 0 spiro atoms. The third-order valence-electron chi connectivity index (χ3n) is 3.16. The second-order valence-electron chi connectivity index (χ2n) is 4.13. The van der Waals surface area contributed by atoms with Crippen LogP contribution in [0.1, 0.15) is 24.7 Å². The summed E-state index contributed by atoms with van der Waals surface area (Å²) in [4.78, 5) is 2.35. The van der Waals surface area contributed by atoms with Crippen molar-refractivity contribution in [3.63, 3.8) is 0 Å². The fourth-order valence-corrected chi connectivity index (χ4v) is 2.32. The zero-order chi connectivity index (χ0) is 10.3. The van der Waals surface area contributed by atoms with Crippen molar-refractivity contribution in [3.05, 3.63) is 30.2 Å². The molecule has 0 bridgehead atoms. The van der Waals surface area contributed by atoms with Crippen LogP contribution < -0.4 is 0 Å². The molecule has 1 aliphatic rings. The lowest BCUT2D eigenvalue weighted by molar-refractivity contribution is 0.304. The summed E-state index contributed by atoms with van der Waals surface area (Å²) < 4.78 is 2.09. The van der Waals surface area contributed by atoms with E-state index in [1.807, 2.05) is 24.4 Å². The van der Waals surface area contributed by atoms with Crippen LogP contribution in [0.2, 0.25) is 0 Å². The fraction of sp³-hybridized carbons (Fsp3) is 0.455. The van der Waals surface area contributed by atoms with E-state index >= 15 is 0 Å². The average Bonchev–Trinajstić information content (AvgIpc) is 2.83. The van der Waals surface area contributed by atoms with Gasteiger partial charge in [-0.25, -0.2) is 0 Å². The first-order chi connectivity index (χ1) is 7.36. The fourth-order valence-electron chi connectivity index (χ4n) is 2.32. The van der Waals surface area contributed by atoms with Gasteiger partial charge in [0.1, 0.15) is 0 Å². The van der Waals surface area contributed by atoms with E-state index < -0.39 is 0 Å². The third-order valence-corrected chi connectivity index (χ3v) is 3.16. The van der Waals surface area contributed by atoms with E-state index in [0.29, 0.717) is 6.04 Å². The van der Waals surface area contributed by atoms with Crippen LogP contribution in [0.5, 0.6) is 0 Å². The minimum absolute atomic E-state index is 0.433. The molecule has 0 unspecified atom stereocenters. The van der Waals surface area contributed by atoms with Gasteiger partial charge >= 0.3 is 0 Å². The molecule has 1 fully saturated rings. The molecule has 2 aromatic rings. The zero-order valence-electron chi connectivity index (χ0n) is 8.80. The van der Waals surface area contributed by atoms with Gasteiger partial charge in [-0.2, -0.15) is 0 Å². The largest absolute Gasteiger partial charge is 0.296 e. The molecule has 0 N–H and O–H groups in total. The summed E-state index contributed by atoms with van der Waals surface area (Å²) in [7, 11) is 2.15. The Bertz CT molecular complexity index is 476. The molecule has 1 atom stereocenters. The lowest BCUT2D eigenvalue weighted by Crippen LogP contribution is -2.19. The van der Waals surface area contributed by atoms with E-state index in [1.54, 1.807) is 0 Å². The summed E-state index contributed by atoms with van der Waals surface area (Å²) in [6.45, 7) is 1.16. The number of aromatic nitrogens is 3. The summed E-state index contributed by atoms with van der Waals surface area (Å²) in [5.41, 5.74) is 0.938. The number of likely N-dealkylation sites (tertiary alicyclic amines) is 1. The average molecular weight is 202 g/mol. The van der Waals surface area contributed by atoms with Crippen LogP contribution >= 0.6 is 0 Å². The zero-order valence-corrected chi connectivity index (χ0v) is 8.80. The Kier molecular flexibility index (Phi) is 1.95. The first-order valence-electron chi connectivity index (χ1n) is 5.36. The van der Waals surface area contributed by atoms with Gasteiger partial charge < -0.3 is 0 Å².